The molecule has 0 saturated heterocycles. The first kappa shape index (κ1) is 17.9. The van der Waals surface area contributed by atoms with Crippen molar-refractivity contribution in [3.63, 3.8) is 0 Å². The van der Waals surface area contributed by atoms with Gasteiger partial charge in [-0.05, 0) is 38.5 Å². The fraction of sp³-hybridized carbons (Fsp3) is 0.462. The number of primary sulfonamides is 1. The SMILES string of the molecule is CCOCC(C)NC(=O)c1cc(Cl)c(C)c(S(N)(=O)=O)c1. The first-order valence-corrected chi connectivity index (χ1v) is 8.30. The van der Waals surface area contributed by atoms with Crippen molar-refractivity contribution in [1.82, 2.24) is 5.32 Å². The summed E-state index contributed by atoms with van der Waals surface area (Å²) in [7, 11) is -3.94. The molecule has 1 rings (SSSR count). The summed E-state index contributed by atoms with van der Waals surface area (Å²) in [6.07, 6.45) is 0. The van der Waals surface area contributed by atoms with E-state index in [4.69, 9.17) is 21.5 Å². The highest BCUT2D eigenvalue weighted by Gasteiger charge is 2.19. The maximum Gasteiger partial charge on any atom is 0.251 e. The number of amides is 1. The summed E-state index contributed by atoms with van der Waals surface area (Å²) in [5.41, 5.74) is 0.455. The summed E-state index contributed by atoms with van der Waals surface area (Å²) in [6.45, 7) is 6.08. The highest BCUT2D eigenvalue weighted by molar-refractivity contribution is 7.89. The number of halogens is 1. The second kappa shape index (κ2) is 7.22. The second-order valence-corrected chi connectivity index (χ2v) is 6.60. The van der Waals surface area contributed by atoms with Crippen molar-refractivity contribution in [2.24, 2.45) is 5.14 Å². The van der Waals surface area contributed by atoms with Gasteiger partial charge in [0.05, 0.1) is 11.5 Å². The Morgan fingerprint density at radius 3 is 2.62 bits per heavy atom. The van der Waals surface area contributed by atoms with E-state index in [0.29, 0.717) is 18.8 Å². The van der Waals surface area contributed by atoms with Crippen LogP contribution in [0.25, 0.3) is 0 Å². The van der Waals surface area contributed by atoms with Gasteiger partial charge in [-0.2, -0.15) is 0 Å². The zero-order chi connectivity index (χ0) is 16.2. The number of nitrogens with two attached hydrogens (primary N) is 1. The summed E-state index contributed by atoms with van der Waals surface area (Å²) in [4.78, 5) is 11.9. The molecule has 0 aliphatic heterocycles. The standard InChI is InChI=1S/C13H19ClN2O4S/c1-4-20-7-8(2)16-13(17)10-5-11(14)9(3)12(6-10)21(15,18)19/h5-6,8H,4,7H2,1-3H3,(H,16,17)(H2,15,18,19). The summed E-state index contributed by atoms with van der Waals surface area (Å²) in [5.74, 6) is -0.436. The fourth-order valence-electron chi connectivity index (χ4n) is 1.72. The second-order valence-electron chi connectivity index (χ2n) is 4.66. The van der Waals surface area contributed by atoms with E-state index in [1.54, 1.807) is 6.92 Å². The van der Waals surface area contributed by atoms with E-state index in [1.807, 2.05) is 6.92 Å². The Morgan fingerprint density at radius 2 is 2.10 bits per heavy atom. The van der Waals surface area contributed by atoms with Crippen LogP contribution in [0.1, 0.15) is 29.8 Å². The van der Waals surface area contributed by atoms with Crippen LogP contribution in [0, 0.1) is 6.92 Å². The molecule has 1 atom stereocenters. The van der Waals surface area contributed by atoms with Crippen LogP contribution < -0.4 is 10.5 Å². The molecule has 1 aromatic carbocycles. The normalized spacial score (nSPS) is 13.0. The maximum absolute atomic E-state index is 12.1. The molecule has 0 radical (unpaired) electrons. The number of hydrogen-bond acceptors (Lipinski definition) is 4. The molecule has 118 valence electrons. The lowest BCUT2D eigenvalue weighted by atomic mass is 10.1. The quantitative estimate of drug-likeness (QED) is 0.822. The van der Waals surface area contributed by atoms with Crippen molar-refractivity contribution >= 4 is 27.5 Å². The monoisotopic (exact) mass is 334 g/mol. The molecule has 8 heteroatoms. The number of rotatable bonds is 6. The van der Waals surface area contributed by atoms with Crippen molar-refractivity contribution in [2.75, 3.05) is 13.2 Å². The average Bonchev–Trinajstić information content (AvgIpc) is 2.37. The molecule has 1 amide bonds. The molecule has 0 saturated carbocycles. The van der Waals surface area contributed by atoms with Gasteiger partial charge in [0.15, 0.2) is 0 Å². The smallest absolute Gasteiger partial charge is 0.251 e. The lowest BCUT2D eigenvalue weighted by Crippen LogP contribution is -2.36. The maximum atomic E-state index is 12.1. The van der Waals surface area contributed by atoms with E-state index >= 15 is 0 Å². The topological polar surface area (TPSA) is 98.5 Å². The Kier molecular flexibility index (Phi) is 6.15. The average molecular weight is 335 g/mol. The Hall–Kier alpha value is -1.15. The minimum absolute atomic E-state index is 0.137. The molecule has 1 unspecified atom stereocenters. The highest BCUT2D eigenvalue weighted by Crippen LogP contribution is 2.24. The van der Waals surface area contributed by atoms with Crippen LogP contribution in [0.3, 0.4) is 0 Å². The van der Waals surface area contributed by atoms with Gasteiger partial charge in [0.25, 0.3) is 5.91 Å². The van der Waals surface area contributed by atoms with Gasteiger partial charge in [-0.25, -0.2) is 13.6 Å². The van der Waals surface area contributed by atoms with Crippen LogP contribution in [0.15, 0.2) is 17.0 Å². The molecular formula is C13H19ClN2O4S. The van der Waals surface area contributed by atoms with Gasteiger partial charge in [0.1, 0.15) is 0 Å². The molecule has 0 fully saturated rings. The van der Waals surface area contributed by atoms with E-state index in [0.717, 1.165) is 0 Å². The van der Waals surface area contributed by atoms with Gasteiger partial charge < -0.3 is 10.1 Å². The molecule has 0 aliphatic carbocycles. The summed E-state index contributed by atoms with van der Waals surface area (Å²) in [5, 5.41) is 7.99. The van der Waals surface area contributed by atoms with E-state index in [9.17, 15) is 13.2 Å². The number of carbonyl (C=O) groups is 1. The molecule has 6 nitrogen and oxygen atoms in total. The van der Waals surface area contributed by atoms with Crippen LogP contribution in [-0.4, -0.2) is 33.6 Å². The Balaban J connectivity index is 3.04. The van der Waals surface area contributed by atoms with Crippen LogP contribution in [0.4, 0.5) is 0 Å². The number of benzene rings is 1. The zero-order valence-corrected chi connectivity index (χ0v) is 13.7. The lowest BCUT2D eigenvalue weighted by molar-refractivity contribution is 0.0872. The summed E-state index contributed by atoms with van der Waals surface area (Å²) in [6, 6.07) is 2.42. The first-order valence-electron chi connectivity index (χ1n) is 6.38. The van der Waals surface area contributed by atoms with E-state index < -0.39 is 15.9 Å². The molecule has 0 aliphatic rings. The molecular weight excluding hydrogens is 316 g/mol. The van der Waals surface area contributed by atoms with Crippen molar-refractivity contribution in [2.45, 2.75) is 31.7 Å². The van der Waals surface area contributed by atoms with E-state index in [-0.39, 0.29) is 21.5 Å². The number of carbonyl (C=O) groups excluding carboxylic acids is 1. The minimum atomic E-state index is -3.94. The van der Waals surface area contributed by atoms with Crippen LogP contribution in [0.5, 0.6) is 0 Å². The van der Waals surface area contributed by atoms with Crippen molar-refractivity contribution < 1.29 is 17.9 Å². The van der Waals surface area contributed by atoms with Gasteiger partial charge in [0.2, 0.25) is 10.0 Å². The van der Waals surface area contributed by atoms with Crippen LogP contribution in [0.2, 0.25) is 5.02 Å². The Morgan fingerprint density at radius 1 is 1.48 bits per heavy atom. The van der Waals surface area contributed by atoms with E-state index in [2.05, 4.69) is 5.32 Å². The largest absolute Gasteiger partial charge is 0.380 e. The molecule has 0 spiro atoms. The lowest BCUT2D eigenvalue weighted by Gasteiger charge is -2.15. The minimum Gasteiger partial charge on any atom is -0.380 e. The fourth-order valence-corrected chi connectivity index (χ4v) is 2.83. The third-order valence-corrected chi connectivity index (χ3v) is 4.24. The van der Waals surface area contributed by atoms with Gasteiger partial charge >= 0.3 is 0 Å². The number of nitrogens with one attached hydrogen (secondary N) is 1. The van der Waals surface area contributed by atoms with Crippen LogP contribution >= 0.6 is 11.6 Å². The van der Waals surface area contributed by atoms with Crippen molar-refractivity contribution in [3.05, 3.63) is 28.3 Å². The molecule has 0 aromatic heterocycles. The molecule has 1 aromatic rings. The number of ether oxygens (including phenoxy) is 1. The van der Waals surface area contributed by atoms with E-state index in [1.165, 1.54) is 19.1 Å². The predicted octanol–water partition coefficient (Wildman–Crippen LogP) is 1.45. The summed E-state index contributed by atoms with van der Waals surface area (Å²) >= 11 is 5.96. The third-order valence-electron chi connectivity index (χ3n) is 2.81. The van der Waals surface area contributed by atoms with Crippen molar-refractivity contribution in [1.29, 1.82) is 0 Å². The Bertz CT molecular complexity index is 631. The molecule has 0 heterocycles. The van der Waals surface area contributed by atoms with Gasteiger partial charge in [-0.1, -0.05) is 11.6 Å². The third kappa shape index (κ3) is 4.96. The predicted molar refractivity (Wildman–Crippen MR) is 81.0 cm³/mol. The number of hydrogen-bond donors (Lipinski definition) is 2. The van der Waals surface area contributed by atoms with Crippen LogP contribution in [-0.2, 0) is 14.8 Å². The summed E-state index contributed by atoms with van der Waals surface area (Å²) < 4.78 is 28.2. The molecule has 3 N–H and O–H groups in total. The molecule has 0 bridgehead atoms. The van der Waals surface area contributed by atoms with Gasteiger partial charge in [-0.3, -0.25) is 4.79 Å². The van der Waals surface area contributed by atoms with Gasteiger partial charge in [-0.15, -0.1) is 0 Å². The zero-order valence-electron chi connectivity index (χ0n) is 12.1. The number of sulfonamides is 1. The molecule has 21 heavy (non-hydrogen) atoms. The van der Waals surface area contributed by atoms with Crippen molar-refractivity contribution in [3.8, 4) is 0 Å². The highest BCUT2D eigenvalue weighted by atomic mass is 35.5. The first-order chi connectivity index (χ1) is 9.66. The van der Waals surface area contributed by atoms with Gasteiger partial charge in [0, 0.05) is 23.2 Å². The Labute approximate surface area is 129 Å².